The third kappa shape index (κ3) is 9.60. The first-order valence-corrected chi connectivity index (χ1v) is 24.1. The lowest BCUT2D eigenvalue weighted by atomic mass is 9.85. The zero-order valence-electron chi connectivity index (χ0n) is 37.5. The quantitative estimate of drug-likeness (QED) is 0.102. The van der Waals surface area contributed by atoms with E-state index in [1.165, 1.54) is 36.2 Å². The largest absolute Gasteiger partial charge is 0.493 e. The Hall–Kier alpha value is -4.78. The molecule has 0 bridgehead atoms. The van der Waals surface area contributed by atoms with Gasteiger partial charge in [-0.2, -0.15) is 0 Å². The average Bonchev–Trinajstić information content (AvgIpc) is 3.80. The van der Waals surface area contributed by atoms with Gasteiger partial charge in [0.05, 0.1) is 66.8 Å². The molecule has 1 saturated carbocycles. The van der Waals surface area contributed by atoms with E-state index in [0.29, 0.717) is 37.9 Å². The molecular formula is C46H60N4O12S2. The van der Waals surface area contributed by atoms with Gasteiger partial charge < -0.3 is 48.4 Å². The van der Waals surface area contributed by atoms with Crippen LogP contribution in [0, 0.1) is 0 Å². The van der Waals surface area contributed by atoms with E-state index < -0.39 is 42.3 Å². The summed E-state index contributed by atoms with van der Waals surface area (Å²) in [6.45, 7) is 16.5. The van der Waals surface area contributed by atoms with E-state index in [0.717, 1.165) is 41.1 Å². The highest BCUT2D eigenvalue weighted by Crippen LogP contribution is 2.50. The topological polar surface area (TPSA) is 177 Å². The van der Waals surface area contributed by atoms with Gasteiger partial charge in [-0.05, 0) is 77.8 Å². The van der Waals surface area contributed by atoms with Gasteiger partial charge in [-0.15, -0.1) is 0 Å². The fourth-order valence-corrected chi connectivity index (χ4v) is 11.4. The van der Waals surface area contributed by atoms with Crippen LogP contribution in [0.1, 0.15) is 99.8 Å². The molecular weight excluding hydrogens is 865 g/mol. The van der Waals surface area contributed by atoms with Crippen LogP contribution >= 0.6 is 21.6 Å². The summed E-state index contributed by atoms with van der Waals surface area (Å²) < 4.78 is 35.2. The zero-order valence-corrected chi connectivity index (χ0v) is 39.1. The van der Waals surface area contributed by atoms with Crippen molar-refractivity contribution in [1.29, 1.82) is 0 Å². The molecule has 4 amide bonds. The molecule has 2 saturated heterocycles. The van der Waals surface area contributed by atoms with Crippen molar-refractivity contribution in [3.8, 4) is 23.0 Å². The number of anilines is 2. The molecule has 348 valence electrons. The van der Waals surface area contributed by atoms with E-state index in [1.54, 1.807) is 59.4 Å². The number of fused-ring (bicyclic) bond motifs is 4. The highest BCUT2D eigenvalue weighted by atomic mass is 33.1. The van der Waals surface area contributed by atoms with Crippen LogP contribution < -0.4 is 28.7 Å². The number of ether oxygens (including phenoxy) is 6. The molecule has 64 heavy (non-hydrogen) atoms. The second-order valence-corrected chi connectivity index (χ2v) is 20.9. The molecule has 3 fully saturated rings. The number of aliphatic hydroxyl groups is 2. The second-order valence-electron chi connectivity index (χ2n) is 17.8. The Morgan fingerprint density at radius 1 is 0.766 bits per heavy atom. The number of aliphatic hydroxyl groups excluding tert-OH is 2. The van der Waals surface area contributed by atoms with Gasteiger partial charge >= 0.3 is 12.2 Å². The van der Waals surface area contributed by atoms with Crippen LogP contribution in [-0.4, -0.2) is 132 Å². The number of amides is 4. The van der Waals surface area contributed by atoms with Gasteiger partial charge in [0.25, 0.3) is 11.8 Å². The number of nitrogens with zero attached hydrogens (tertiary/aromatic N) is 4. The van der Waals surface area contributed by atoms with Gasteiger partial charge in [0.1, 0.15) is 12.2 Å². The third-order valence-electron chi connectivity index (χ3n) is 12.0. The molecule has 0 aromatic heterocycles. The molecule has 18 heteroatoms. The van der Waals surface area contributed by atoms with Gasteiger partial charge in [-0.1, -0.05) is 59.2 Å². The Morgan fingerprint density at radius 3 is 1.67 bits per heavy atom. The fraction of sp³-hybridized carbons (Fsp3) is 0.565. The molecule has 7 rings (SSSR count). The normalized spacial score (nSPS) is 22.4. The van der Waals surface area contributed by atoms with Crippen molar-refractivity contribution in [1.82, 2.24) is 9.80 Å². The fourth-order valence-electron chi connectivity index (χ4n) is 8.70. The van der Waals surface area contributed by atoms with E-state index >= 15 is 0 Å². The van der Waals surface area contributed by atoms with E-state index in [1.807, 2.05) is 0 Å². The standard InChI is InChI=1S/C46H60N4O12S2/c1-9-63-64-46(14-13-15-46)26-61-43(55)49-31-22-37(35(57-7)20-29(31)39(51)47-24-27(2)18-33(47)41(49)53)59-16-11-10-12-17-60-38-23-32-30(21-36(38)58-8)40(52)48-25-28(3)19-34(48)42(54)50(32)44(56)62-45(4,5)6/h20-23,33-34,41-42,53-54H,2-3,9-19,24-26H2,1,4-8H3/t33-,34?,41?,42?/m0/s1. The van der Waals surface area contributed by atoms with Gasteiger partial charge in [0.2, 0.25) is 0 Å². The summed E-state index contributed by atoms with van der Waals surface area (Å²) in [6.07, 6.45) is 1.04. The monoisotopic (exact) mass is 924 g/mol. The van der Waals surface area contributed by atoms with Crippen molar-refractivity contribution < 1.29 is 57.8 Å². The molecule has 0 spiro atoms. The van der Waals surface area contributed by atoms with Crippen LogP contribution in [0.4, 0.5) is 21.0 Å². The molecule has 3 unspecified atom stereocenters. The lowest BCUT2D eigenvalue weighted by Gasteiger charge is -2.40. The number of hydrogen-bond donors (Lipinski definition) is 2. The van der Waals surface area contributed by atoms with Crippen molar-refractivity contribution in [2.45, 2.75) is 114 Å². The van der Waals surface area contributed by atoms with Crippen molar-refractivity contribution in [3.05, 3.63) is 59.7 Å². The smallest absolute Gasteiger partial charge is 0.417 e. The molecule has 4 atom stereocenters. The summed E-state index contributed by atoms with van der Waals surface area (Å²) in [6, 6.07) is 4.74. The summed E-state index contributed by atoms with van der Waals surface area (Å²) >= 11 is 0. The van der Waals surface area contributed by atoms with Crippen LogP contribution in [0.2, 0.25) is 0 Å². The van der Waals surface area contributed by atoms with Crippen molar-refractivity contribution in [2.75, 3.05) is 62.7 Å². The second kappa shape index (κ2) is 19.4. The molecule has 5 aliphatic rings. The summed E-state index contributed by atoms with van der Waals surface area (Å²) in [5.74, 6) is 1.33. The lowest BCUT2D eigenvalue weighted by molar-refractivity contribution is 0.0310. The Morgan fingerprint density at radius 2 is 1.25 bits per heavy atom. The maximum absolute atomic E-state index is 14.0. The minimum absolute atomic E-state index is 0.143. The summed E-state index contributed by atoms with van der Waals surface area (Å²) in [7, 11) is 6.40. The molecule has 2 aromatic rings. The summed E-state index contributed by atoms with van der Waals surface area (Å²) in [4.78, 5) is 60.9. The van der Waals surface area contributed by atoms with E-state index in [4.69, 9.17) is 28.4 Å². The molecule has 0 radical (unpaired) electrons. The number of carbonyl (C=O) groups is 4. The van der Waals surface area contributed by atoms with Gasteiger partial charge in [0.15, 0.2) is 35.5 Å². The Balaban J connectivity index is 1.03. The number of hydrogen-bond acceptors (Lipinski definition) is 14. The van der Waals surface area contributed by atoms with Crippen molar-refractivity contribution in [2.24, 2.45) is 0 Å². The molecule has 4 heterocycles. The van der Waals surface area contributed by atoms with E-state index in [-0.39, 0.29) is 89.2 Å². The first-order chi connectivity index (χ1) is 30.5. The molecule has 4 aliphatic heterocycles. The third-order valence-corrected chi connectivity index (χ3v) is 15.4. The Kier molecular flexibility index (Phi) is 14.3. The maximum atomic E-state index is 14.0. The first-order valence-electron chi connectivity index (χ1n) is 21.8. The molecule has 2 N–H and O–H groups in total. The highest BCUT2D eigenvalue weighted by Gasteiger charge is 2.49. The Labute approximate surface area is 382 Å². The lowest BCUT2D eigenvalue weighted by Crippen LogP contribution is -2.51. The number of carbonyl (C=O) groups excluding carboxylic acids is 4. The molecule has 16 nitrogen and oxygen atoms in total. The SMILES string of the molecule is C=C1CC2C(O)N(C(=O)OC(C)(C)C)c3cc(OCCCCCOc4cc5c(cc4OC)C(=O)N4CC(=C)C[C@H]4C(O)N5C(=O)OCC4(SSCC)CCC4)c(OC)cc3C(=O)N2C1. The predicted octanol–water partition coefficient (Wildman–Crippen LogP) is 7.55. The average molecular weight is 925 g/mol. The highest BCUT2D eigenvalue weighted by molar-refractivity contribution is 8.77. The minimum Gasteiger partial charge on any atom is -0.493 e. The van der Waals surface area contributed by atoms with Gasteiger partial charge in [-0.25, -0.2) is 19.4 Å². The number of benzene rings is 2. The van der Waals surface area contributed by atoms with Crippen LogP contribution in [0.15, 0.2) is 48.6 Å². The zero-order chi connectivity index (χ0) is 46.1. The van der Waals surface area contributed by atoms with Gasteiger partial charge in [0, 0.05) is 31.0 Å². The molecule has 2 aromatic carbocycles. The molecule has 1 aliphatic carbocycles. The van der Waals surface area contributed by atoms with E-state index in [9.17, 15) is 29.4 Å². The summed E-state index contributed by atoms with van der Waals surface area (Å²) in [5, 5.41) is 23.4. The van der Waals surface area contributed by atoms with Crippen molar-refractivity contribution in [3.63, 3.8) is 0 Å². The summed E-state index contributed by atoms with van der Waals surface area (Å²) in [5.41, 5.74) is 1.32. The van der Waals surface area contributed by atoms with Crippen LogP contribution in [0.5, 0.6) is 23.0 Å². The van der Waals surface area contributed by atoms with Crippen LogP contribution in [0.3, 0.4) is 0 Å². The van der Waals surface area contributed by atoms with Crippen molar-refractivity contribution >= 4 is 57.0 Å². The van der Waals surface area contributed by atoms with Crippen LogP contribution in [-0.2, 0) is 9.47 Å². The first kappa shape index (κ1) is 47.2. The Bertz CT molecular complexity index is 2160. The number of unbranched alkanes of at least 4 members (excludes halogenated alkanes) is 2. The van der Waals surface area contributed by atoms with Crippen LogP contribution in [0.25, 0.3) is 0 Å². The number of methoxy groups -OCH3 is 2. The van der Waals surface area contributed by atoms with Gasteiger partial charge in [-0.3, -0.25) is 9.59 Å². The number of rotatable bonds is 15. The van der Waals surface area contributed by atoms with E-state index in [2.05, 4.69) is 20.1 Å². The maximum Gasteiger partial charge on any atom is 0.417 e. The minimum atomic E-state index is -1.41. The predicted molar refractivity (Wildman–Crippen MR) is 245 cm³/mol.